The molecule has 0 aromatic rings. The highest BCUT2D eigenvalue weighted by Crippen LogP contribution is 2.18. The first-order valence-electron chi connectivity index (χ1n) is 6.60. The van der Waals surface area contributed by atoms with Gasteiger partial charge in [-0.3, -0.25) is 4.79 Å². The Morgan fingerprint density at radius 3 is 2.35 bits per heavy atom. The zero-order chi connectivity index (χ0) is 13.3. The highest BCUT2D eigenvalue weighted by Gasteiger charge is 2.25. The third-order valence-electron chi connectivity index (χ3n) is 3.21. The van der Waals surface area contributed by atoms with Crippen LogP contribution >= 0.6 is 0 Å². The van der Waals surface area contributed by atoms with Gasteiger partial charge in [0.05, 0.1) is 5.60 Å². The van der Waals surface area contributed by atoms with E-state index < -0.39 is 0 Å². The summed E-state index contributed by atoms with van der Waals surface area (Å²) in [5.74, 6) is 0.552. The average molecular weight is 244 g/mol. The van der Waals surface area contributed by atoms with Gasteiger partial charge in [0, 0.05) is 13.1 Å². The van der Waals surface area contributed by atoms with Gasteiger partial charge in [0.2, 0.25) is 5.91 Å². The summed E-state index contributed by atoms with van der Waals surface area (Å²) in [6.07, 6.45) is 2.66. The number of carbonyl (C=O) groups is 1. The number of hydrogen-bond acceptors (Lipinski definition) is 3. The molecule has 0 unspecified atom stereocenters. The molecule has 0 spiro atoms. The number of hydrogen-bond donors (Lipinski definition) is 2. The molecule has 17 heavy (non-hydrogen) atoms. The maximum absolute atomic E-state index is 11.5. The lowest BCUT2D eigenvalue weighted by molar-refractivity contribution is -0.133. The Hall–Kier alpha value is -0.610. The summed E-state index contributed by atoms with van der Waals surface area (Å²) in [4.78, 5) is 11.5. The fraction of sp³-hybridized carbons (Fsp3) is 0.923. The van der Waals surface area contributed by atoms with Gasteiger partial charge >= 0.3 is 0 Å². The van der Waals surface area contributed by atoms with Crippen LogP contribution in [0.15, 0.2) is 0 Å². The molecule has 0 bridgehead atoms. The van der Waals surface area contributed by atoms with Crippen molar-refractivity contribution in [1.82, 2.24) is 5.32 Å². The van der Waals surface area contributed by atoms with Crippen LogP contribution in [-0.2, 0) is 9.53 Å². The second-order valence-corrected chi connectivity index (χ2v) is 4.92. The van der Waals surface area contributed by atoms with E-state index >= 15 is 0 Å². The van der Waals surface area contributed by atoms with Gasteiger partial charge in [-0.1, -0.05) is 27.7 Å². The zero-order valence-corrected chi connectivity index (χ0v) is 11.7. The van der Waals surface area contributed by atoms with Gasteiger partial charge in [-0.15, -0.1) is 0 Å². The van der Waals surface area contributed by atoms with E-state index in [2.05, 4.69) is 19.2 Å². The third kappa shape index (κ3) is 6.64. The van der Waals surface area contributed by atoms with E-state index in [0.29, 0.717) is 19.0 Å². The number of rotatable bonds is 9. The summed E-state index contributed by atoms with van der Waals surface area (Å²) in [5, 5.41) is 2.85. The number of amides is 1. The Morgan fingerprint density at radius 1 is 1.35 bits per heavy atom. The van der Waals surface area contributed by atoms with E-state index in [1.807, 2.05) is 13.8 Å². The highest BCUT2D eigenvalue weighted by molar-refractivity contribution is 5.77. The van der Waals surface area contributed by atoms with E-state index in [4.69, 9.17) is 10.5 Å². The minimum Gasteiger partial charge on any atom is -0.364 e. The van der Waals surface area contributed by atoms with E-state index in [1.54, 1.807) is 0 Å². The van der Waals surface area contributed by atoms with Crippen molar-refractivity contribution in [2.24, 2.45) is 11.7 Å². The summed E-state index contributed by atoms with van der Waals surface area (Å²) in [6, 6.07) is 0. The maximum Gasteiger partial charge on any atom is 0.246 e. The third-order valence-corrected chi connectivity index (χ3v) is 3.21. The summed E-state index contributed by atoms with van der Waals surface area (Å²) < 4.78 is 5.66. The van der Waals surface area contributed by atoms with Gasteiger partial charge in [-0.05, 0) is 25.2 Å². The van der Waals surface area contributed by atoms with Crippen molar-refractivity contribution in [2.45, 2.75) is 52.6 Å². The molecule has 0 aliphatic heterocycles. The number of carbonyl (C=O) groups excluding carboxylic acids is 1. The SMILES string of the molecule is CCC(CC)(CN)OCC(=O)NCCC(C)C. The molecule has 0 aromatic carbocycles. The fourth-order valence-corrected chi connectivity index (χ4v) is 1.57. The molecular weight excluding hydrogens is 216 g/mol. The van der Waals surface area contributed by atoms with Crippen LogP contribution in [0.5, 0.6) is 0 Å². The quantitative estimate of drug-likeness (QED) is 0.648. The van der Waals surface area contributed by atoms with Crippen LogP contribution in [0.2, 0.25) is 0 Å². The molecule has 0 saturated carbocycles. The Balaban J connectivity index is 3.89. The molecule has 0 heterocycles. The molecule has 0 aliphatic carbocycles. The van der Waals surface area contributed by atoms with E-state index in [1.165, 1.54) is 0 Å². The van der Waals surface area contributed by atoms with Crippen molar-refractivity contribution in [1.29, 1.82) is 0 Å². The van der Waals surface area contributed by atoms with Crippen molar-refractivity contribution in [3.8, 4) is 0 Å². The first-order chi connectivity index (χ1) is 7.99. The normalized spacial score (nSPS) is 11.9. The Bertz CT molecular complexity index is 205. The predicted octanol–water partition coefficient (Wildman–Crippen LogP) is 1.68. The smallest absolute Gasteiger partial charge is 0.246 e. The van der Waals surface area contributed by atoms with Crippen LogP contribution in [0.25, 0.3) is 0 Å². The Kier molecular flexibility index (Phi) is 8.17. The van der Waals surface area contributed by atoms with Gasteiger partial charge in [0.1, 0.15) is 6.61 Å². The number of nitrogens with two attached hydrogens (primary N) is 1. The standard InChI is InChI=1S/C13H28N2O2/c1-5-13(6-2,10-14)17-9-12(16)15-8-7-11(3)4/h11H,5-10,14H2,1-4H3,(H,15,16). The minimum absolute atomic E-state index is 0.0506. The average Bonchev–Trinajstić information content (AvgIpc) is 2.31. The van der Waals surface area contributed by atoms with Crippen LogP contribution in [0.3, 0.4) is 0 Å². The predicted molar refractivity (Wildman–Crippen MR) is 70.8 cm³/mol. The second kappa shape index (κ2) is 8.48. The number of nitrogens with one attached hydrogen (secondary N) is 1. The van der Waals surface area contributed by atoms with Gasteiger partial charge in [-0.25, -0.2) is 0 Å². The van der Waals surface area contributed by atoms with Gasteiger partial charge < -0.3 is 15.8 Å². The first-order valence-corrected chi connectivity index (χ1v) is 6.60. The lowest BCUT2D eigenvalue weighted by Gasteiger charge is -2.30. The van der Waals surface area contributed by atoms with Crippen molar-refractivity contribution in [2.75, 3.05) is 19.7 Å². The van der Waals surface area contributed by atoms with Crippen molar-refractivity contribution in [3.05, 3.63) is 0 Å². The van der Waals surface area contributed by atoms with Crippen LogP contribution in [0, 0.1) is 5.92 Å². The van der Waals surface area contributed by atoms with Crippen molar-refractivity contribution in [3.63, 3.8) is 0 Å². The Morgan fingerprint density at radius 2 is 1.94 bits per heavy atom. The topological polar surface area (TPSA) is 64.3 Å². The summed E-state index contributed by atoms with van der Waals surface area (Å²) in [7, 11) is 0. The summed E-state index contributed by atoms with van der Waals surface area (Å²) in [6.45, 7) is 9.62. The first kappa shape index (κ1) is 16.4. The molecule has 0 aliphatic rings. The van der Waals surface area contributed by atoms with E-state index in [0.717, 1.165) is 19.3 Å². The molecule has 0 atom stereocenters. The van der Waals surface area contributed by atoms with Crippen LogP contribution in [-0.4, -0.2) is 31.2 Å². The molecule has 0 aromatic heterocycles. The van der Waals surface area contributed by atoms with Crippen LogP contribution in [0.4, 0.5) is 0 Å². The molecule has 0 radical (unpaired) electrons. The van der Waals surface area contributed by atoms with Gasteiger partial charge in [0.25, 0.3) is 0 Å². The van der Waals surface area contributed by atoms with E-state index in [9.17, 15) is 4.79 Å². The van der Waals surface area contributed by atoms with E-state index in [-0.39, 0.29) is 18.1 Å². The molecule has 3 N–H and O–H groups in total. The summed E-state index contributed by atoms with van der Waals surface area (Å²) in [5.41, 5.74) is 5.36. The maximum atomic E-state index is 11.5. The summed E-state index contributed by atoms with van der Waals surface area (Å²) >= 11 is 0. The Labute approximate surface area is 105 Å². The second-order valence-electron chi connectivity index (χ2n) is 4.92. The van der Waals surface area contributed by atoms with Crippen LogP contribution in [0.1, 0.15) is 47.0 Å². The highest BCUT2D eigenvalue weighted by atomic mass is 16.5. The molecule has 4 heteroatoms. The lowest BCUT2D eigenvalue weighted by atomic mass is 9.97. The van der Waals surface area contributed by atoms with Crippen molar-refractivity contribution >= 4 is 5.91 Å². The molecule has 0 saturated heterocycles. The molecule has 1 amide bonds. The zero-order valence-electron chi connectivity index (χ0n) is 11.7. The molecule has 4 nitrogen and oxygen atoms in total. The number of ether oxygens (including phenoxy) is 1. The molecule has 0 fully saturated rings. The largest absolute Gasteiger partial charge is 0.364 e. The molecular formula is C13H28N2O2. The van der Waals surface area contributed by atoms with Gasteiger partial charge in [-0.2, -0.15) is 0 Å². The molecule has 0 rings (SSSR count). The fourth-order valence-electron chi connectivity index (χ4n) is 1.57. The minimum atomic E-state index is -0.338. The van der Waals surface area contributed by atoms with Crippen LogP contribution < -0.4 is 11.1 Å². The lowest BCUT2D eigenvalue weighted by Crippen LogP contribution is -2.42. The molecule has 102 valence electrons. The van der Waals surface area contributed by atoms with Gasteiger partial charge in [0.15, 0.2) is 0 Å². The monoisotopic (exact) mass is 244 g/mol. The van der Waals surface area contributed by atoms with Crippen molar-refractivity contribution < 1.29 is 9.53 Å².